The second-order valence-corrected chi connectivity index (χ2v) is 5.39. The van der Waals surface area contributed by atoms with E-state index in [0.717, 1.165) is 12.2 Å². The van der Waals surface area contributed by atoms with Crippen molar-refractivity contribution in [1.29, 1.82) is 0 Å². The summed E-state index contributed by atoms with van der Waals surface area (Å²) in [6, 6.07) is 14.9. The van der Waals surface area contributed by atoms with E-state index in [2.05, 4.69) is 24.3 Å². The Bertz CT molecular complexity index is 592. The van der Waals surface area contributed by atoms with Crippen LogP contribution < -0.4 is 10.5 Å². The Balaban J connectivity index is 1.70. The molecule has 0 radical (unpaired) electrons. The second-order valence-electron chi connectivity index (χ2n) is 5.39. The Morgan fingerprint density at radius 1 is 1.00 bits per heavy atom. The Labute approximate surface area is 120 Å². The maximum absolute atomic E-state index is 5.98. The van der Waals surface area contributed by atoms with Gasteiger partial charge in [0.2, 0.25) is 0 Å². The SMILES string of the molecule is NCCc1ccccc1OCc1ccc2c(c1)CCC2. The van der Waals surface area contributed by atoms with Crippen LogP contribution in [0.5, 0.6) is 5.75 Å². The molecular formula is C18H21NO. The van der Waals surface area contributed by atoms with E-state index < -0.39 is 0 Å². The van der Waals surface area contributed by atoms with E-state index in [0.29, 0.717) is 13.2 Å². The van der Waals surface area contributed by atoms with Gasteiger partial charge in [-0.25, -0.2) is 0 Å². The number of nitrogens with two attached hydrogens (primary N) is 1. The Hall–Kier alpha value is -1.80. The standard InChI is InChI=1S/C18H21NO/c19-11-10-16-4-1-2-7-18(16)20-13-14-8-9-15-5-3-6-17(15)12-14/h1-2,4,7-9,12H,3,5-6,10-11,13,19H2. The zero-order chi connectivity index (χ0) is 13.8. The van der Waals surface area contributed by atoms with Gasteiger partial charge in [-0.05, 0) is 60.5 Å². The van der Waals surface area contributed by atoms with Crippen molar-refractivity contribution in [3.63, 3.8) is 0 Å². The van der Waals surface area contributed by atoms with Gasteiger partial charge in [0.1, 0.15) is 12.4 Å². The molecule has 0 bridgehead atoms. The van der Waals surface area contributed by atoms with Crippen LogP contribution in [0.25, 0.3) is 0 Å². The minimum absolute atomic E-state index is 0.634. The summed E-state index contributed by atoms with van der Waals surface area (Å²) in [5.41, 5.74) is 11.1. The van der Waals surface area contributed by atoms with Gasteiger partial charge in [-0.3, -0.25) is 0 Å². The quantitative estimate of drug-likeness (QED) is 0.902. The van der Waals surface area contributed by atoms with Crippen LogP contribution in [0.2, 0.25) is 0 Å². The van der Waals surface area contributed by atoms with Crippen molar-refractivity contribution in [2.45, 2.75) is 32.3 Å². The van der Waals surface area contributed by atoms with Crippen LogP contribution in [0.3, 0.4) is 0 Å². The second kappa shape index (κ2) is 6.10. The molecule has 2 aromatic carbocycles. The Morgan fingerprint density at radius 2 is 1.85 bits per heavy atom. The Kier molecular flexibility index (Phi) is 4.03. The first-order chi connectivity index (χ1) is 9.86. The highest BCUT2D eigenvalue weighted by atomic mass is 16.5. The first kappa shape index (κ1) is 13.2. The molecule has 1 aliphatic carbocycles. The molecule has 2 N–H and O–H groups in total. The lowest BCUT2D eigenvalue weighted by Crippen LogP contribution is -2.05. The fourth-order valence-electron chi connectivity index (χ4n) is 2.88. The highest BCUT2D eigenvalue weighted by Crippen LogP contribution is 2.24. The summed E-state index contributed by atoms with van der Waals surface area (Å²) in [6.45, 7) is 1.29. The molecule has 0 saturated heterocycles. The molecule has 0 heterocycles. The van der Waals surface area contributed by atoms with E-state index in [9.17, 15) is 0 Å². The minimum atomic E-state index is 0.634. The molecule has 0 amide bonds. The third-order valence-corrected chi connectivity index (χ3v) is 3.94. The number of ether oxygens (including phenoxy) is 1. The van der Waals surface area contributed by atoms with Gasteiger partial charge in [-0.2, -0.15) is 0 Å². The van der Waals surface area contributed by atoms with Gasteiger partial charge in [0.15, 0.2) is 0 Å². The van der Waals surface area contributed by atoms with Crippen LogP contribution in [-0.4, -0.2) is 6.54 Å². The summed E-state index contributed by atoms with van der Waals surface area (Å²) in [4.78, 5) is 0. The maximum Gasteiger partial charge on any atom is 0.123 e. The van der Waals surface area contributed by atoms with E-state index in [1.165, 1.54) is 41.5 Å². The zero-order valence-corrected chi connectivity index (χ0v) is 11.8. The smallest absolute Gasteiger partial charge is 0.123 e. The van der Waals surface area contributed by atoms with Crippen LogP contribution in [0.4, 0.5) is 0 Å². The molecule has 0 spiro atoms. The first-order valence-corrected chi connectivity index (χ1v) is 7.38. The summed E-state index contributed by atoms with van der Waals surface area (Å²) in [5.74, 6) is 0.957. The van der Waals surface area contributed by atoms with Gasteiger partial charge in [0.25, 0.3) is 0 Å². The van der Waals surface area contributed by atoms with Crippen LogP contribution in [-0.2, 0) is 25.9 Å². The third-order valence-electron chi connectivity index (χ3n) is 3.94. The fourth-order valence-corrected chi connectivity index (χ4v) is 2.88. The lowest BCUT2D eigenvalue weighted by molar-refractivity contribution is 0.303. The summed E-state index contributed by atoms with van der Waals surface area (Å²) in [7, 11) is 0. The van der Waals surface area contributed by atoms with E-state index >= 15 is 0 Å². The highest BCUT2D eigenvalue weighted by molar-refractivity contribution is 5.36. The van der Waals surface area contributed by atoms with E-state index in [1.54, 1.807) is 0 Å². The number of hydrogen-bond donors (Lipinski definition) is 1. The summed E-state index contributed by atoms with van der Waals surface area (Å²) < 4.78 is 5.98. The number of aryl methyl sites for hydroxylation is 2. The Morgan fingerprint density at radius 3 is 2.75 bits per heavy atom. The van der Waals surface area contributed by atoms with Gasteiger partial charge < -0.3 is 10.5 Å². The summed E-state index contributed by atoms with van der Waals surface area (Å²) >= 11 is 0. The van der Waals surface area contributed by atoms with Gasteiger partial charge in [0, 0.05) is 0 Å². The van der Waals surface area contributed by atoms with Crippen LogP contribution in [0.15, 0.2) is 42.5 Å². The molecule has 3 rings (SSSR count). The first-order valence-electron chi connectivity index (χ1n) is 7.38. The van der Waals surface area contributed by atoms with Gasteiger partial charge in [-0.1, -0.05) is 36.4 Å². The van der Waals surface area contributed by atoms with Crippen molar-refractivity contribution in [3.8, 4) is 5.75 Å². The van der Waals surface area contributed by atoms with Crippen molar-refractivity contribution < 1.29 is 4.74 Å². The van der Waals surface area contributed by atoms with Crippen molar-refractivity contribution >= 4 is 0 Å². The fraction of sp³-hybridized carbons (Fsp3) is 0.333. The predicted octanol–water partition coefficient (Wildman–Crippen LogP) is 3.26. The van der Waals surface area contributed by atoms with Crippen LogP contribution >= 0.6 is 0 Å². The molecule has 0 atom stereocenters. The highest BCUT2D eigenvalue weighted by Gasteiger charge is 2.11. The van der Waals surface area contributed by atoms with Gasteiger partial charge in [-0.15, -0.1) is 0 Å². The maximum atomic E-state index is 5.98. The average molecular weight is 267 g/mol. The van der Waals surface area contributed by atoms with E-state index in [4.69, 9.17) is 10.5 Å². The molecule has 1 aliphatic rings. The molecule has 0 aromatic heterocycles. The van der Waals surface area contributed by atoms with Crippen LogP contribution in [0, 0.1) is 0 Å². The number of para-hydroxylation sites is 1. The number of benzene rings is 2. The molecule has 0 saturated carbocycles. The molecule has 0 unspecified atom stereocenters. The van der Waals surface area contributed by atoms with E-state index in [-0.39, 0.29) is 0 Å². The van der Waals surface area contributed by atoms with Crippen LogP contribution in [0.1, 0.15) is 28.7 Å². The molecular weight excluding hydrogens is 246 g/mol. The number of fused-ring (bicyclic) bond motifs is 1. The molecule has 0 aliphatic heterocycles. The van der Waals surface area contributed by atoms with Crippen molar-refractivity contribution in [2.24, 2.45) is 5.73 Å². The largest absolute Gasteiger partial charge is 0.489 e. The lowest BCUT2D eigenvalue weighted by atomic mass is 10.1. The number of hydrogen-bond acceptors (Lipinski definition) is 2. The summed E-state index contributed by atoms with van der Waals surface area (Å²) in [6.07, 6.45) is 4.60. The lowest BCUT2D eigenvalue weighted by Gasteiger charge is -2.11. The minimum Gasteiger partial charge on any atom is -0.489 e. The predicted molar refractivity (Wildman–Crippen MR) is 82.0 cm³/mol. The summed E-state index contributed by atoms with van der Waals surface area (Å²) in [5, 5.41) is 0. The molecule has 2 nitrogen and oxygen atoms in total. The van der Waals surface area contributed by atoms with Crippen molar-refractivity contribution in [3.05, 3.63) is 64.7 Å². The molecule has 2 aromatic rings. The molecule has 20 heavy (non-hydrogen) atoms. The monoisotopic (exact) mass is 267 g/mol. The van der Waals surface area contributed by atoms with Crippen molar-refractivity contribution in [1.82, 2.24) is 0 Å². The van der Waals surface area contributed by atoms with Crippen molar-refractivity contribution in [2.75, 3.05) is 6.54 Å². The molecule has 2 heteroatoms. The number of rotatable bonds is 5. The topological polar surface area (TPSA) is 35.2 Å². The zero-order valence-electron chi connectivity index (χ0n) is 11.8. The van der Waals surface area contributed by atoms with Gasteiger partial charge in [0.05, 0.1) is 0 Å². The normalized spacial score (nSPS) is 13.2. The molecule has 0 fully saturated rings. The molecule has 104 valence electrons. The van der Waals surface area contributed by atoms with E-state index in [1.807, 2.05) is 18.2 Å². The van der Waals surface area contributed by atoms with Gasteiger partial charge >= 0.3 is 0 Å². The third kappa shape index (κ3) is 2.86. The average Bonchev–Trinajstić information content (AvgIpc) is 2.94.